The third-order valence-corrected chi connectivity index (χ3v) is 2.80. The summed E-state index contributed by atoms with van der Waals surface area (Å²) in [7, 11) is 0. The van der Waals surface area contributed by atoms with Gasteiger partial charge in [-0.3, -0.25) is 4.98 Å². The number of hydrogen-bond donors (Lipinski definition) is 2. The minimum atomic E-state index is -0.125. The molecule has 2 rings (SSSR count). The predicted octanol–water partition coefficient (Wildman–Crippen LogP) is 0.977. The van der Waals surface area contributed by atoms with Crippen LogP contribution in [0, 0.1) is 5.92 Å². The number of aliphatic hydroxyl groups excluding tert-OH is 1. The minimum absolute atomic E-state index is 0.125. The van der Waals surface area contributed by atoms with Crippen molar-refractivity contribution in [2.45, 2.75) is 25.4 Å². The Morgan fingerprint density at radius 2 is 2.38 bits per heavy atom. The summed E-state index contributed by atoms with van der Waals surface area (Å²) in [5.41, 5.74) is 7.62. The van der Waals surface area contributed by atoms with Crippen molar-refractivity contribution < 1.29 is 5.11 Å². The molecular formula is C10H14N2O. The van der Waals surface area contributed by atoms with Crippen molar-refractivity contribution in [1.29, 1.82) is 0 Å². The molecule has 0 spiro atoms. The Morgan fingerprint density at radius 3 is 2.92 bits per heavy atom. The lowest BCUT2D eigenvalue weighted by Crippen LogP contribution is -2.32. The summed E-state index contributed by atoms with van der Waals surface area (Å²) in [6.45, 7) is 0. The van der Waals surface area contributed by atoms with Crippen LogP contribution in [0.3, 0.4) is 0 Å². The highest BCUT2D eigenvalue weighted by atomic mass is 16.3. The largest absolute Gasteiger partial charge is 0.398 e. The zero-order chi connectivity index (χ0) is 9.26. The third kappa shape index (κ3) is 1.65. The molecule has 1 aromatic rings. The van der Waals surface area contributed by atoms with Crippen molar-refractivity contribution in [1.82, 2.24) is 4.98 Å². The number of hydrogen-bond acceptors (Lipinski definition) is 3. The molecule has 3 nitrogen and oxygen atoms in total. The first kappa shape index (κ1) is 8.51. The van der Waals surface area contributed by atoms with E-state index in [0.717, 1.165) is 30.5 Å². The lowest BCUT2D eigenvalue weighted by Gasteiger charge is -2.32. The van der Waals surface area contributed by atoms with Crippen molar-refractivity contribution in [3.8, 4) is 0 Å². The Morgan fingerprint density at radius 1 is 1.54 bits per heavy atom. The molecule has 3 heteroatoms. The SMILES string of the molecule is Nc1ccncc1CC1CCC1O. The van der Waals surface area contributed by atoms with E-state index in [1.807, 2.05) is 0 Å². The van der Waals surface area contributed by atoms with Crippen LogP contribution in [-0.2, 0) is 6.42 Å². The van der Waals surface area contributed by atoms with Gasteiger partial charge in [0.2, 0.25) is 0 Å². The van der Waals surface area contributed by atoms with E-state index in [-0.39, 0.29) is 6.10 Å². The van der Waals surface area contributed by atoms with Crippen LogP contribution in [0.4, 0.5) is 5.69 Å². The Bertz CT molecular complexity index is 301. The van der Waals surface area contributed by atoms with Crippen molar-refractivity contribution in [2.75, 3.05) is 5.73 Å². The van der Waals surface area contributed by atoms with Crippen molar-refractivity contribution in [2.24, 2.45) is 5.92 Å². The Hall–Kier alpha value is -1.09. The number of aromatic nitrogens is 1. The van der Waals surface area contributed by atoms with Crippen LogP contribution < -0.4 is 5.73 Å². The van der Waals surface area contributed by atoms with Gasteiger partial charge >= 0.3 is 0 Å². The number of nitrogen functional groups attached to an aromatic ring is 1. The van der Waals surface area contributed by atoms with E-state index in [1.165, 1.54) is 0 Å². The van der Waals surface area contributed by atoms with Gasteiger partial charge in [0, 0.05) is 18.1 Å². The van der Waals surface area contributed by atoms with Gasteiger partial charge < -0.3 is 10.8 Å². The highest BCUT2D eigenvalue weighted by Crippen LogP contribution is 2.31. The molecular weight excluding hydrogens is 164 g/mol. The first-order valence-corrected chi connectivity index (χ1v) is 4.64. The molecule has 1 saturated carbocycles. The average Bonchev–Trinajstić information content (AvgIpc) is 2.14. The monoisotopic (exact) mass is 178 g/mol. The predicted molar refractivity (Wildman–Crippen MR) is 51.1 cm³/mol. The van der Waals surface area contributed by atoms with Gasteiger partial charge in [0.05, 0.1) is 6.10 Å². The quantitative estimate of drug-likeness (QED) is 0.709. The topological polar surface area (TPSA) is 59.1 Å². The summed E-state index contributed by atoms with van der Waals surface area (Å²) in [6.07, 6.45) is 6.26. The maximum absolute atomic E-state index is 9.40. The van der Waals surface area contributed by atoms with Gasteiger partial charge in [0.15, 0.2) is 0 Å². The van der Waals surface area contributed by atoms with Crippen molar-refractivity contribution in [3.05, 3.63) is 24.0 Å². The zero-order valence-corrected chi connectivity index (χ0v) is 7.48. The van der Waals surface area contributed by atoms with Crippen LogP contribution in [0.25, 0.3) is 0 Å². The lowest BCUT2D eigenvalue weighted by molar-refractivity contribution is 0.0245. The number of nitrogens with two attached hydrogens (primary N) is 1. The van der Waals surface area contributed by atoms with Crippen LogP contribution in [0.2, 0.25) is 0 Å². The molecule has 0 amide bonds. The Balaban J connectivity index is 2.05. The van der Waals surface area contributed by atoms with E-state index < -0.39 is 0 Å². The zero-order valence-electron chi connectivity index (χ0n) is 7.48. The fourth-order valence-electron chi connectivity index (χ4n) is 1.68. The molecule has 1 aromatic heterocycles. The van der Waals surface area contributed by atoms with Crippen LogP contribution in [0.5, 0.6) is 0 Å². The molecule has 0 radical (unpaired) electrons. The van der Waals surface area contributed by atoms with Crippen LogP contribution in [-0.4, -0.2) is 16.2 Å². The van der Waals surface area contributed by atoms with Crippen molar-refractivity contribution in [3.63, 3.8) is 0 Å². The number of anilines is 1. The molecule has 13 heavy (non-hydrogen) atoms. The maximum atomic E-state index is 9.40. The molecule has 1 heterocycles. The van der Waals surface area contributed by atoms with Crippen LogP contribution in [0.1, 0.15) is 18.4 Å². The molecule has 2 atom stereocenters. The third-order valence-electron chi connectivity index (χ3n) is 2.80. The highest BCUT2D eigenvalue weighted by molar-refractivity contribution is 5.44. The van der Waals surface area contributed by atoms with Gasteiger partial charge in [-0.2, -0.15) is 0 Å². The minimum Gasteiger partial charge on any atom is -0.398 e. The molecule has 2 unspecified atom stereocenters. The first-order valence-electron chi connectivity index (χ1n) is 4.64. The molecule has 0 aliphatic heterocycles. The molecule has 0 bridgehead atoms. The Labute approximate surface area is 77.6 Å². The van der Waals surface area contributed by atoms with E-state index in [2.05, 4.69) is 4.98 Å². The fraction of sp³-hybridized carbons (Fsp3) is 0.500. The standard InChI is InChI=1S/C10H14N2O/c11-9-3-4-12-6-8(9)5-7-1-2-10(7)13/h3-4,6-7,10,13H,1-2,5H2,(H2,11,12). The second-order valence-electron chi connectivity index (χ2n) is 3.68. The second-order valence-corrected chi connectivity index (χ2v) is 3.68. The second kappa shape index (κ2) is 3.34. The number of pyridine rings is 1. The molecule has 1 fully saturated rings. The summed E-state index contributed by atoms with van der Waals surface area (Å²) >= 11 is 0. The van der Waals surface area contributed by atoms with Gasteiger partial charge in [-0.25, -0.2) is 0 Å². The van der Waals surface area contributed by atoms with E-state index in [4.69, 9.17) is 5.73 Å². The Kier molecular flexibility index (Phi) is 2.19. The number of nitrogens with zero attached hydrogens (tertiary/aromatic N) is 1. The normalized spacial score (nSPS) is 26.8. The van der Waals surface area contributed by atoms with Gasteiger partial charge in [-0.05, 0) is 36.8 Å². The van der Waals surface area contributed by atoms with E-state index in [1.54, 1.807) is 18.5 Å². The van der Waals surface area contributed by atoms with Gasteiger partial charge in [-0.15, -0.1) is 0 Å². The molecule has 3 N–H and O–H groups in total. The average molecular weight is 178 g/mol. The number of aliphatic hydroxyl groups is 1. The maximum Gasteiger partial charge on any atom is 0.0571 e. The molecule has 0 aromatic carbocycles. The summed E-state index contributed by atoms with van der Waals surface area (Å²) in [6, 6.07) is 1.81. The smallest absolute Gasteiger partial charge is 0.0571 e. The molecule has 70 valence electrons. The molecule has 1 aliphatic rings. The molecule has 1 aliphatic carbocycles. The fourth-order valence-corrected chi connectivity index (χ4v) is 1.68. The highest BCUT2D eigenvalue weighted by Gasteiger charge is 2.29. The van der Waals surface area contributed by atoms with Crippen molar-refractivity contribution >= 4 is 5.69 Å². The summed E-state index contributed by atoms with van der Waals surface area (Å²) in [5, 5.41) is 9.40. The summed E-state index contributed by atoms with van der Waals surface area (Å²) in [4.78, 5) is 4.02. The number of rotatable bonds is 2. The first-order chi connectivity index (χ1) is 6.27. The van der Waals surface area contributed by atoms with Gasteiger partial charge in [0.25, 0.3) is 0 Å². The van der Waals surface area contributed by atoms with Crippen LogP contribution in [0.15, 0.2) is 18.5 Å². The summed E-state index contributed by atoms with van der Waals surface area (Å²) in [5.74, 6) is 0.395. The van der Waals surface area contributed by atoms with E-state index in [0.29, 0.717) is 5.92 Å². The van der Waals surface area contributed by atoms with Gasteiger partial charge in [0.1, 0.15) is 0 Å². The van der Waals surface area contributed by atoms with Gasteiger partial charge in [-0.1, -0.05) is 0 Å². The van der Waals surface area contributed by atoms with Crippen LogP contribution >= 0.6 is 0 Å². The molecule has 0 saturated heterocycles. The summed E-state index contributed by atoms with van der Waals surface area (Å²) < 4.78 is 0. The van der Waals surface area contributed by atoms with E-state index >= 15 is 0 Å². The van der Waals surface area contributed by atoms with E-state index in [9.17, 15) is 5.11 Å². The lowest BCUT2D eigenvalue weighted by atomic mass is 9.78.